The molecule has 132 valence electrons. The summed E-state index contributed by atoms with van der Waals surface area (Å²) >= 11 is 0.994. The Bertz CT molecular complexity index is 779. The number of rotatable bonds is 8. The summed E-state index contributed by atoms with van der Waals surface area (Å²) in [6.45, 7) is 3.44. The van der Waals surface area contributed by atoms with Crippen LogP contribution in [0.3, 0.4) is 0 Å². The average molecular weight is 379 g/mol. The van der Waals surface area contributed by atoms with E-state index >= 15 is 0 Å². The second kappa shape index (κ2) is 7.08. The molecule has 1 N–H and O–H groups in total. The number of nitrogens with zero attached hydrogens (tertiary/aromatic N) is 2. The van der Waals surface area contributed by atoms with Gasteiger partial charge in [0.25, 0.3) is 0 Å². The van der Waals surface area contributed by atoms with Crippen LogP contribution in [-0.2, 0) is 16.6 Å². The Hall–Kier alpha value is -1.65. The van der Waals surface area contributed by atoms with Crippen LogP contribution in [0.5, 0.6) is 0 Å². The first kappa shape index (κ1) is 18.7. The maximum Gasteiger partial charge on any atom is 0.435 e. The molecule has 1 aliphatic carbocycles. The van der Waals surface area contributed by atoms with E-state index in [0.29, 0.717) is 11.0 Å². The minimum absolute atomic E-state index is 0.0543. The molecule has 1 heterocycles. The van der Waals surface area contributed by atoms with Crippen LogP contribution in [0.25, 0.3) is 0 Å². The van der Waals surface area contributed by atoms with Gasteiger partial charge < -0.3 is 0 Å². The Morgan fingerprint density at radius 1 is 1.50 bits per heavy atom. The van der Waals surface area contributed by atoms with Gasteiger partial charge in [0, 0.05) is 18.5 Å². The standard InChI is InChI=1S/C14H16F3N3O2S2/c1-3-12(14(15,16)17)19-20(2)9-11-6-7-13(23-11)24(21,22)18-8-10-4-5-10/h3-4,6-7,18H,1,5,8-9H2,2H3/b19-12-. The van der Waals surface area contributed by atoms with E-state index in [-0.39, 0.29) is 17.3 Å². The third-order valence-electron chi connectivity index (χ3n) is 3.03. The molecule has 0 fully saturated rings. The smallest absolute Gasteiger partial charge is 0.294 e. The molecule has 0 aromatic carbocycles. The predicted octanol–water partition coefficient (Wildman–Crippen LogP) is 2.89. The maximum atomic E-state index is 12.6. The average Bonchev–Trinajstić information content (AvgIpc) is 3.19. The summed E-state index contributed by atoms with van der Waals surface area (Å²) < 4.78 is 64.6. The molecular weight excluding hydrogens is 363 g/mol. The van der Waals surface area contributed by atoms with Gasteiger partial charge in [0.1, 0.15) is 4.21 Å². The first-order valence-electron chi connectivity index (χ1n) is 6.87. The van der Waals surface area contributed by atoms with Gasteiger partial charge in [0.15, 0.2) is 5.71 Å². The Labute approximate surface area is 142 Å². The number of hydrazone groups is 1. The molecule has 0 saturated heterocycles. The third-order valence-corrected chi connectivity index (χ3v) is 5.99. The molecule has 1 aromatic rings. The predicted molar refractivity (Wildman–Crippen MR) is 87.4 cm³/mol. The van der Waals surface area contributed by atoms with Crippen molar-refractivity contribution in [2.24, 2.45) is 5.10 Å². The van der Waals surface area contributed by atoms with E-state index < -0.39 is 21.9 Å². The lowest BCUT2D eigenvalue weighted by atomic mass is 10.4. The Balaban J connectivity index is 2.03. The lowest BCUT2D eigenvalue weighted by Crippen LogP contribution is -2.24. The SMILES string of the molecule is C=C/C(=N/N(C)Cc1ccc(S(=O)(=O)NCC2=CC2)s1)C(F)(F)F. The highest BCUT2D eigenvalue weighted by Crippen LogP contribution is 2.24. The lowest BCUT2D eigenvalue weighted by molar-refractivity contribution is -0.0590. The quantitative estimate of drug-likeness (QED) is 0.429. The van der Waals surface area contributed by atoms with E-state index in [4.69, 9.17) is 0 Å². The molecule has 1 aromatic heterocycles. The van der Waals surface area contributed by atoms with Crippen LogP contribution in [0.2, 0.25) is 0 Å². The van der Waals surface area contributed by atoms with Gasteiger partial charge in [-0.2, -0.15) is 18.3 Å². The summed E-state index contributed by atoms with van der Waals surface area (Å²) in [7, 11) is -2.23. The number of nitrogens with one attached hydrogen (secondary N) is 1. The molecule has 0 spiro atoms. The van der Waals surface area contributed by atoms with E-state index in [2.05, 4.69) is 16.4 Å². The van der Waals surface area contributed by atoms with Crippen molar-refractivity contribution >= 4 is 27.1 Å². The van der Waals surface area contributed by atoms with Gasteiger partial charge in [-0.1, -0.05) is 18.2 Å². The summed E-state index contributed by atoms with van der Waals surface area (Å²) in [6.07, 6.45) is -1.20. The number of sulfonamides is 1. The van der Waals surface area contributed by atoms with Crippen LogP contribution in [0.4, 0.5) is 13.2 Å². The molecular formula is C14H16F3N3O2S2. The summed E-state index contributed by atoms with van der Waals surface area (Å²) in [5, 5.41) is 4.53. The fourth-order valence-corrected chi connectivity index (χ4v) is 4.20. The monoisotopic (exact) mass is 379 g/mol. The summed E-state index contributed by atoms with van der Waals surface area (Å²) in [5.74, 6) is 0. The van der Waals surface area contributed by atoms with Crippen molar-refractivity contribution in [3.05, 3.63) is 41.3 Å². The molecule has 5 nitrogen and oxygen atoms in total. The molecule has 0 saturated carbocycles. The number of allylic oxidation sites excluding steroid dienone is 2. The van der Waals surface area contributed by atoms with Gasteiger partial charge in [0.2, 0.25) is 10.0 Å². The van der Waals surface area contributed by atoms with Gasteiger partial charge in [-0.3, -0.25) is 5.01 Å². The topological polar surface area (TPSA) is 61.8 Å². The van der Waals surface area contributed by atoms with Gasteiger partial charge in [0.05, 0.1) is 6.54 Å². The Morgan fingerprint density at radius 3 is 2.71 bits per heavy atom. The molecule has 24 heavy (non-hydrogen) atoms. The number of hydrogen-bond donors (Lipinski definition) is 1. The van der Waals surface area contributed by atoms with Crippen molar-refractivity contribution < 1.29 is 21.6 Å². The third kappa shape index (κ3) is 5.18. The molecule has 0 amide bonds. The van der Waals surface area contributed by atoms with Crippen molar-refractivity contribution in [2.45, 2.75) is 23.4 Å². The number of thiophene rings is 1. The maximum absolute atomic E-state index is 12.6. The molecule has 0 bridgehead atoms. The van der Waals surface area contributed by atoms with Crippen molar-refractivity contribution in [3.8, 4) is 0 Å². The van der Waals surface area contributed by atoms with Crippen LogP contribution < -0.4 is 4.72 Å². The minimum Gasteiger partial charge on any atom is -0.294 e. The number of hydrogen-bond acceptors (Lipinski definition) is 5. The van der Waals surface area contributed by atoms with Gasteiger partial charge >= 0.3 is 6.18 Å². The normalized spacial score (nSPS) is 15.2. The van der Waals surface area contributed by atoms with Crippen LogP contribution in [-0.4, -0.2) is 38.9 Å². The molecule has 0 atom stereocenters. The minimum atomic E-state index is -4.58. The van der Waals surface area contributed by atoms with Crippen molar-refractivity contribution in [1.29, 1.82) is 0 Å². The highest BCUT2D eigenvalue weighted by atomic mass is 32.2. The van der Waals surface area contributed by atoms with Gasteiger partial charge in [-0.05, 0) is 24.6 Å². The van der Waals surface area contributed by atoms with Crippen LogP contribution in [0.15, 0.2) is 45.7 Å². The molecule has 0 radical (unpaired) electrons. The lowest BCUT2D eigenvalue weighted by Gasteiger charge is -2.14. The van der Waals surface area contributed by atoms with Crippen molar-refractivity contribution in [3.63, 3.8) is 0 Å². The number of halogens is 3. The van der Waals surface area contributed by atoms with Gasteiger partial charge in [-0.15, -0.1) is 11.3 Å². The van der Waals surface area contributed by atoms with E-state index in [9.17, 15) is 21.6 Å². The van der Waals surface area contributed by atoms with Crippen LogP contribution in [0, 0.1) is 0 Å². The van der Waals surface area contributed by atoms with E-state index in [0.717, 1.165) is 28.3 Å². The molecule has 2 rings (SSSR count). The second-order valence-corrected chi connectivity index (χ2v) is 8.28. The Kier molecular flexibility index (Phi) is 5.51. The second-order valence-electron chi connectivity index (χ2n) is 5.11. The first-order valence-corrected chi connectivity index (χ1v) is 9.17. The van der Waals surface area contributed by atoms with Crippen LogP contribution in [0.1, 0.15) is 11.3 Å². The number of alkyl halides is 3. The molecule has 0 unspecified atom stereocenters. The zero-order valence-electron chi connectivity index (χ0n) is 12.8. The van der Waals surface area contributed by atoms with Crippen molar-refractivity contribution in [2.75, 3.05) is 13.6 Å². The highest BCUT2D eigenvalue weighted by molar-refractivity contribution is 7.91. The van der Waals surface area contributed by atoms with E-state index in [1.807, 2.05) is 6.08 Å². The molecule has 0 aliphatic heterocycles. The van der Waals surface area contributed by atoms with Crippen molar-refractivity contribution in [1.82, 2.24) is 9.73 Å². The highest BCUT2D eigenvalue weighted by Gasteiger charge is 2.34. The molecule has 10 heteroatoms. The summed E-state index contributed by atoms with van der Waals surface area (Å²) in [4.78, 5) is 0.581. The first-order chi connectivity index (χ1) is 11.1. The zero-order chi connectivity index (χ0) is 18.0. The Morgan fingerprint density at radius 2 is 2.17 bits per heavy atom. The fraction of sp³-hybridized carbons (Fsp3) is 0.357. The van der Waals surface area contributed by atoms with Crippen LogP contribution >= 0.6 is 11.3 Å². The summed E-state index contributed by atoms with van der Waals surface area (Å²) in [6, 6.07) is 2.99. The summed E-state index contributed by atoms with van der Waals surface area (Å²) in [5.41, 5.74) is -0.0673. The largest absolute Gasteiger partial charge is 0.435 e. The molecule has 1 aliphatic rings. The van der Waals surface area contributed by atoms with Gasteiger partial charge in [-0.25, -0.2) is 13.1 Å². The van der Waals surface area contributed by atoms with E-state index in [1.54, 1.807) is 6.07 Å². The fourth-order valence-electron chi connectivity index (χ4n) is 1.72. The zero-order valence-corrected chi connectivity index (χ0v) is 14.4. The van der Waals surface area contributed by atoms with E-state index in [1.165, 1.54) is 13.1 Å².